The molecule has 2 aromatic rings. The molecule has 1 aromatic carbocycles. The Morgan fingerprint density at radius 3 is 2.63 bits per heavy atom. The van der Waals surface area contributed by atoms with Gasteiger partial charge in [0.2, 0.25) is 0 Å². The van der Waals surface area contributed by atoms with Gasteiger partial charge in [0, 0.05) is 11.8 Å². The van der Waals surface area contributed by atoms with Gasteiger partial charge in [0.05, 0.1) is 18.3 Å². The Labute approximate surface area is 112 Å². The van der Waals surface area contributed by atoms with Crippen LogP contribution in [0.2, 0.25) is 0 Å². The Kier molecular flexibility index (Phi) is 4.12. The summed E-state index contributed by atoms with van der Waals surface area (Å²) in [6, 6.07) is 8.45. The number of benzene rings is 1. The summed E-state index contributed by atoms with van der Waals surface area (Å²) >= 11 is 0. The molecule has 2 rings (SSSR count). The van der Waals surface area contributed by atoms with Gasteiger partial charge < -0.3 is 10.5 Å². The van der Waals surface area contributed by atoms with Crippen LogP contribution in [0.4, 0.5) is 4.39 Å². The Balaban J connectivity index is 2.35. The van der Waals surface area contributed by atoms with E-state index in [4.69, 9.17) is 10.5 Å². The summed E-state index contributed by atoms with van der Waals surface area (Å²) in [5.41, 5.74) is 7.62. The van der Waals surface area contributed by atoms with Crippen LogP contribution >= 0.6 is 0 Å². The third kappa shape index (κ3) is 3.29. The quantitative estimate of drug-likeness (QED) is 0.919. The predicted octanol–water partition coefficient (Wildman–Crippen LogP) is 3.06. The molecule has 0 saturated carbocycles. The number of nitrogens with two attached hydrogens (primary N) is 1. The van der Waals surface area contributed by atoms with Crippen molar-refractivity contribution in [3.05, 3.63) is 59.7 Å². The van der Waals surface area contributed by atoms with Crippen LogP contribution in [-0.2, 0) is 0 Å². The molecule has 0 spiro atoms. The topological polar surface area (TPSA) is 48.1 Å². The molecule has 100 valence electrons. The molecule has 2 N–H and O–H groups in total. The van der Waals surface area contributed by atoms with Crippen molar-refractivity contribution in [1.29, 1.82) is 0 Å². The highest BCUT2D eigenvalue weighted by Gasteiger charge is 2.15. The molecular weight excluding hydrogens is 243 g/mol. The fraction of sp³-hybridized carbons (Fsp3) is 0.267. The lowest BCUT2D eigenvalue weighted by molar-refractivity contribution is 0.239. The molecule has 1 heterocycles. The van der Waals surface area contributed by atoms with E-state index < -0.39 is 11.9 Å². The van der Waals surface area contributed by atoms with Gasteiger partial charge in [-0.05, 0) is 31.5 Å². The van der Waals surface area contributed by atoms with Crippen molar-refractivity contribution < 1.29 is 9.13 Å². The summed E-state index contributed by atoms with van der Waals surface area (Å²) in [6.07, 6.45) is 2.78. The number of aromatic nitrogens is 1. The van der Waals surface area contributed by atoms with E-state index in [1.165, 1.54) is 6.07 Å². The fourth-order valence-electron chi connectivity index (χ4n) is 1.88. The van der Waals surface area contributed by atoms with Gasteiger partial charge in [-0.15, -0.1) is 0 Å². The lowest BCUT2D eigenvalue weighted by Crippen LogP contribution is -2.16. The standard InChI is InChI=1S/C15H17FN2O/c1-10(2)19-14-6-4-3-5-13(14)15(17)11-7-12(16)9-18-8-11/h3-10,15H,17H2,1-2H3. The molecule has 1 atom stereocenters. The number of hydrogen-bond donors (Lipinski definition) is 1. The Morgan fingerprint density at radius 1 is 1.21 bits per heavy atom. The van der Waals surface area contributed by atoms with E-state index in [-0.39, 0.29) is 6.10 Å². The molecule has 0 bridgehead atoms. The van der Waals surface area contributed by atoms with Crippen molar-refractivity contribution in [3.63, 3.8) is 0 Å². The summed E-state index contributed by atoms with van der Waals surface area (Å²) in [7, 11) is 0. The minimum absolute atomic E-state index is 0.0546. The molecule has 0 amide bonds. The van der Waals surface area contributed by atoms with Crippen LogP contribution in [0, 0.1) is 5.82 Å². The molecule has 0 saturated heterocycles. The van der Waals surface area contributed by atoms with Crippen LogP contribution in [0.3, 0.4) is 0 Å². The van der Waals surface area contributed by atoms with Gasteiger partial charge in [0.25, 0.3) is 0 Å². The number of ether oxygens (including phenoxy) is 1. The molecular formula is C15H17FN2O. The summed E-state index contributed by atoms with van der Waals surface area (Å²) in [6.45, 7) is 3.90. The number of rotatable bonds is 4. The van der Waals surface area contributed by atoms with Gasteiger partial charge in [-0.1, -0.05) is 18.2 Å². The van der Waals surface area contributed by atoms with Crippen molar-refractivity contribution in [2.75, 3.05) is 0 Å². The number of pyridine rings is 1. The van der Waals surface area contributed by atoms with E-state index >= 15 is 0 Å². The second kappa shape index (κ2) is 5.80. The molecule has 1 aromatic heterocycles. The first-order valence-electron chi connectivity index (χ1n) is 6.19. The zero-order valence-electron chi connectivity index (χ0n) is 11.0. The first-order chi connectivity index (χ1) is 9.08. The third-order valence-electron chi connectivity index (χ3n) is 2.70. The number of para-hydroxylation sites is 1. The molecule has 0 aliphatic rings. The first kappa shape index (κ1) is 13.5. The summed E-state index contributed by atoms with van der Waals surface area (Å²) < 4.78 is 18.9. The number of halogens is 1. The number of nitrogens with zero attached hydrogens (tertiary/aromatic N) is 1. The Bertz CT molecular complexity index is 557. The molecule has 3 nitrogen and oxygen atoms in total. The third-order valence-corrected chi connectivity index (χ3v) is 2.70. The maximum Gasteiger partial charge on any atom is 0.141 e. The van der Waals surface area contributed by atoms with Crippen LogP contribution in [-0.4, -0.2) is 11.1 Å². The van der Waals surface area contributed by atoms with Gasteiger partial charge in [-0.2, -0.15) is 0 Å². The van der Waals surface area contributed by atoms with Gasteiger partial charge in [-0.25, -0.2) is 4.39 Å². The van der Waals surface area contributed by atoms with Crippen LogP contribution in [0.1, 0.15) is 31.0 Å². The highest BCUT2D eigenvalue weighted by atomic mass is 19.1. The van der Waals surface area contributed by atoms with Crippen LogP contribution < -0.4 is 10.5 Å². The molecule has 19 heavy (non-hydrogen) atoms. The predicted molar refractivity (Wildman–Crippen MR) is 72.4 cm³/mol. The van der Waals surface area contributed by atoms with E-state index in [1.807, 2.05) is 38.1 Å². The average molecular weight is 260 g/mol. The first-order valence-corrected chi connectivity index (χ1v) is 6.19. The average Bonchev–Trinajstić information content (AvgIpc) is 2.38. The van der Waals surface area contributed by atoms with E-state index in [2.05, 4.69) is 4.98 Å². The van der Waals surface area contributed by atoms with Crippen LogP contribution in [0.25, 0.3) is 0 Å². The monoisotopic (exact) mass is 260 g/mol. The highest BCUT2D eigenvalue weighted by Crippen LogP contribution is 2.28. The maximum atomic E-state index is 13.2. The maximum absolute atomic E-state index is 13.2. The zero-order chi connectivity index (χ0) is 13.8. The summed E-state index contributed by atoms with van der Waals surface area (Å²) in [4.78, 5) is 3.83. The number of hydrogen-bond acceptors (Lipinski definition) is 3. The molecule has 0 aliphatic carbocycles. The Morgan fingerprint density at radius 2 is 1.95 bits per heavy atom. The van der Waals surface area contributed by atoms with Crippen molar-refractivity contribution in [2.45, 2.75) is 26.0 Å². The molecule has 4 heteroatoms. The van der Waals surface area contributed by atoms with E-state index in [0.717, 1.165) is 11.8 Å². The van der Waals surface area contributed by atoms with Crippen LogP contribution in [0.15, 0.2) is 42.7 Å². The smallest absolute Gasteiger partial charge is 0.141 e. The van der Waals surface area contributed by atoms with E-state index in [0.29, 0.717) is 11.3 Å². The normalized spacial score (nSPS) is 12.5. The van der Waals surface area contributed by atoms with Gasteiger partial charge in [0.1, 0.15) is 11.6 Å². The van der Waals surface area contributed by atoms with Gasteiger partial charge in [0.15, 0.2) is 0 Å². The largest absolute Gasteiger partial charge is 0.491 e. The fourth-order valence-corrected chi connectivity index (χ4v) is 1.88. The second-order valence-corrected chi connectivity index (χ2v) is 4.62. The van der Waals surface area contributed by atoms with E-state index in [1.54, 1.807) is 6.20 Å². The van der Waals surface area contributed by atoms with Gasteiger partial charge >= 0.3 is 0 Å². The lowest BCUT2D eigenvalue weighted by Gasteiger charge is -2.18. The molecule has 0 radical (unpaired) electrons. The highest BCUT2D eigenvalue weighted by molar-refractivity contribution is 5.40. The minimum Gasteiger partial charge on any atom is -0.491 e. The summed E-state index contributed by atoms with van der Waals surface area (Å²) in [5.74, 6) is 0.324. The zero-order valence-corrected chi connectivity index (χ0v) is 11.0. The minimum atomic E-state index is -0.460. The SMILES string of the molecule is CC(C)Oc1ccccc1C(N)c1cncc(F)c1. The second-order valence-electron chi connectivity index (χ2n) is 4.62. The lowest BCUT2D eigenvalue weighted by atomic mass is 10.00. The molecule has 0 fully saturated rings. The van der Waals surface area contributed by atoms with Crippen molar-refractivity contribution in [2.24, 2.45) is 5.73 Å². The van der Waals surface area contributed by atoms with Crippen molar-refractivity contribution in [3.8, 4) is 5.75 Å². The Hall–Kier alpha value is -1.94. The summed E-state index contributed by atoms with van der Waals surface area (Å²) in [5, 5.41) is 0. The van der Waals surface area contributed by atoms with Crippen molar-refractivity contribution >= 4 is 0 Å². The van der Waals surface area contributed by atoms with E-state index in [9.17, 15) is 4.39 Å². The van der Waals surface area contributed by atoms with Crippen molar-refractivity contribution in [1.82, 2.24) is 4.98 Å². The van der Waals surface area contributed by atoms with Gasteiger partial charge in [-0.3, -0.25) is 4.98 Å². The van der Waals surface area contributed by atoms with Crippen LogP contribution in [0.5, 0.6) is 5.75 Å². The molecule has 1 unspecified atom stereocenters. The molecule has 0 aliphatic heterocycles.